The van der Waals surface area contributed by atoms with Crippen molar-refractivity contribution in [3.05, 3.63) is 38.0 Å². The van der Waals surface area contributed by atoms with Crippen LogP contribution in [-0.4, -0.2) is 47.9 Å². The van der Waals surface area contributed by atoms with Crippen molar-refractivity contribution < 1.29 is 18.0 Å². The molecule has 3 rings (SSSR count). The van der Waals surface area contributed by atoms with Gasteiger partial charge in [0.15, 0.2) is 11.7 Å². The van der Waals surface area contributed by atoms with Crippen LogP contribution in [-0.2, 0) is 30.4 Å². The van der Waals surface area contributed by atoms with Crippen LogP contribution in [0.15, 0.2) is 21.8 Å². The van der Waals surface area contributed by atoms with Gasteiger partial charge in [0, 0.05) is 42.9 Å². The second-order valence-corrected chi connectivity index (χ2v) is 8.37. The minimum atomic E-state index is -4.42. The highest BCUT2D eigenvalue weighted by Gasteiger charge is 2.33. The Kier molecular flexibility index (Phi) is 9.34. The monoisotopic (exact) mass is 573 g/mol. The maximum atomic E-state index is 12.6. The molecular weight excluding hydrogens is 550 g/mol. The van der Waals surface area contributed by atoms with Crippen molar-refractivity contribution in [1.82, 2.24) is 20.5 Å². The van der Waals surface area contributed by atoms with E-state index in [0.717, 1.165) is 23.1 Å². The van der Waals surface area contributed by atoms with Crippen LogP contribution >= 0.6 is 46.7 Å². The van der Waals surface area contributed by atoms with Gasteiger partial charge in [0.25, 0.3) is 0 Å². The molecule has 166 valence electrons. The molecule has 2 N–H and O–H groups in total. The number of carbonyl (C=O) groups is 1. The number of hydrogen-bond donors (Lipinski definition) is 2. The van der Waals surface area contributed by atoms with Crippen molar-refractivity contribution in [2.75, 3.05) is 26.2 Å². The molecule has 1 aliphatic rings. The van der Waals surface area contributed by atoms with E-state index in [1.54, 1.807) is 16.2 Å². The Bertz CT molecular complexity index is 868. The van der Waals surface area contributed by atoms with Gasteiger partial charge in [-0.1, -0.05) is 0 Å². The Labute approximate surface area is 198 Å². The first-order valence-electron chi connectivity index (χ1n) is 9.23. The highest BCUT2D eigenvalue weighted by Crippen LogP contribution is 2.30. The molecule has 0 spiro atoms. The SMILES string of the molecule is CCNC(=NCC(=O)N1CCc2sccc2C1)NCCc1nc(C(F)(F)F)cs1.I. The van der Waals surface area contributed by atoms with Crippen LogP contribution in [0, 0.1) is 0 Å². The van der Waals surface area contributed by atoms with Gasteiger partial charge in [-0.15, -0.1) is 46.7 Å². The third kappa shape index (κ3) is 6.80. The molecule has 0 radical (unpaired) electrons. The Hall–Kier alpha value is -1.41. The van der Waals surface area contributed by atoms with E-state index in [4.69, 9.17) is 0 Å². The zero-order valence-corrected chi connectivity index (χ0v) is 20.3. The summed E-state index contributed by atoms with van der Waals surface area (Å²) >= 11 is 2.70. The quantitative estimate of drug-likeness (QED) is 0.316. The second-order valence-electron chi connectivity index (χ2n) is 6.43. The third-order valence-corrected chi connectivity index (χ3v) is 6.28. The molecule has 1 amide bonds. The predicted molar refractivity (Wildman–Crippen MR) is 124 cm³/mol. The Morgan fingerprint density at radius 1 is 1.33 bits per heavy atom. The summed E-state index contributed by atoms with van der Waals surface area (Å²) in [6.45, 7) is 4.20. The lowest BCUT2D eigenvalue weighted by Gasteiger charge is -2.26. The zero-order chi connectivity index (χ0) is 20.9. The summed E-state index contributed by atoms with van der Waals surface area (Å²) in [7, 11) is 0. The number of guanidine groups is 1. The predicted octanol–water partition coefficient (Wildman–Crippen LogP) is 3.52. The van der Waals surface area contributed by atoms with Crippen LogP contribution in [0.3, 0.4) is 0 Å². The molecule has 0 aromatic carbocycles. The van der Waals surface area contributed by atoms with Gasteiger partial charge in [-0.05, 0) is 30.4 Å². The minimum Gasteiger partial charge on any atom is -0.357 e. The summed E-state index contributed by atoms with van der Waals surface area (Å²) in [6.07, 6.45) is -3.21. The van der Waals surface area contributed by atoms with Crippen molar-refractivity contribution in [3.63, 3.8) is 0 Å². The average Bonchev–Trinajstić information content (AvgIpc) is 3.34. The van der Waals surface area contributed by atoms with Crippen LogP contribution in [0.25, 0.3) is 0 Å². The number of nitrogens with zero attached hydrogens (tertiary/aromatic N) is 3. The molecule has 12 heteroatoms. The summed E-state index contributed by atoms with van der Waals surface area (Å²) in [5, 5.41) is 9.55. The second kappa shape index (κ2) is 11.3. The number of thiazole rings is 1. The topological polar surface area (TPSA) is 69.6 Å². The smallest absolute Gasteiger partial charge is 0.357 e. The van der Waals surface area contributed by atoms with E-state index in [1.165, 1.54) is 10.4 Å². The highest BCUT2D eigenvalue weighted by atomic mass is 127. The molecule has 6 nitrogen and oxygen atoms in total. The van der Waals surface area contributed by atoms with Crippen LogP contribution in [0.2, 0.25) is 0 Å². The van der Waals surface area contributed by atoms with Crippen LogP contribution in [0.5, 0.6) is 0 Å². The standard InChI is InChI=1S/C18H22F3N5OS2.HI/c1-2-22-17(23-6-3-15-25-14(11-29-15)18(19,20)21)24-9-16(27)26-7-4-13-12(10-26)5-8-28-13;/h5,8,11H,2-4,6-7,9-10H2,1H3,(H2,22,23,24);1H. The number of halogens is 4. The molecule has 2 aromatic rings. The fourth-order valence-electron chi connectivity index (χ4n) is 2.89. The number of thiophene rings is 1. The van der Waals surface area contributed by atoms with Crippen molar-refractivity contribution >= 4 is 58.5 Å². The van der Waals surface area contributed by atoms with E-state index < -0.39 is 11.9 Å². The van der Waals surface area contributed by atoms with Gasteiger partial charge < -0.3 is 15.5 Å². The molecule has 30 heavy (non-hydrogen) atoms. The lowest BCUT2D eigenvalue weighted by atomic mass is 10.1. The maximum Gasteiger partial charge on any atom is 0.434 e. The molecule has 0 aliphatic carbocycles. The summed E-state index contributed by atoms with van der Waals surface area (Å²) in [6, 6.07) is 2.05. The van der Waals surface area contributed by atoms with Crippen LogP contribution < -0.4 is 10.6 Å². The Balaban J connectivity index is 0.00000320. The van der Waals surface area contributed by atoms with E-state index in [1.807, 2.05) is 12.3 Å². The number of aromatic nitrogens is 1. The third-order valence-electron chi connectivity index (χ3n) is 4.35. The first kappa shape index (κ1) is 24.9. The van der Waals surface area contributed by atoms with E-state index in [2.05, 4.69) is 26.7 Å². The van der Waals surface area contributed by atoms with Gasteiger partial charge in [-0.3, -0.25) is 4.79 Å². The van der Waals surface area contributed by atoms with Crippen molar-refractivity contribution in [2.24, 2.45) is 4.99 Å². The van der Waals surface area contributed by atoms with Gasteiger partial charge in [0.2, 0.25) is 5.91 Å². The van der Waals surface area contributed by atoms with E-state index >= 15 is 0 Å². The molecule has 0 atom stereocenters. The molecule has 0 fully saturated rings. The van der Waals surface area contributed by atoms with E-state index in [-0.39, 0.29) is 36.4 Å². The molecule has 1 aliphatic heterocycles. The van der Waals surface area contributed by atoms with Crippen LogP contribution in [0.4, 0.5) is 13.2 Å². The van der Waals surface area contributed by atoms with Crippen molar-refractivity contribution in [2.45, 2.75) is 32.5 Å². The fraction of sp³-hybridized carbons (Fsp3) is 0.500. The normalized spacial score (nSPS) is 14.1. The van der Waals surface area contributed by atoms with Gasteiger partial charge in [0.1, 0.15) is 6.54 Å². The zero-order valence-electron chi connectivity index (χ0n) is 16.3. The fourth-order valence-corrected chi connectivity index (χ4v) is 4.59. The average molecular weight is 573 g/mol. The molecule has 2 aromatic heterocycles. The van der Waals surface area contributed by atoms with Gasteiger partial charge in [-0.2, -0.15) is 13.2 Å². The lowest BCUT2D eigenvalue weighted by molar-refractivity contribution is -0.140. The first-order chi connectivity index (χ1) is 13.9. The summed E-state index contributed by atoms with van der Waals surface area (Å²) in [4.78, 5) is 23.5. The summed E-state index contributed by atoms with van der Waals surface area (Å²) < 4.78 is 37.8. The number of hydrogen-bond acceptors (Lipinski definition) is 5. The van der Waals surface area contributed by atoms with Crippen molar-refractivity contribution in [3.8, 4) is 0 Å². The number of rotatable bonds is 6. The molecule has 0 bridgehead atoms. The molecule has 0 unspecified atom stereocenters. The Morgan fingerprint density at radius 3 is 2.83 bits per heavy atom. The van der Waals surface area contributed by atoms with Gasteiger partial charge >= 0.3 is 6.18 Å². The number of fused-ring (bicyclic) bond motifs is 1. The Morgan fingerprint density at radius 2 is 2.13 bits per heavy atom. The lowest BCUT2D eigenvalue weighted by Crippen LogP contribution is -2.40. The summed E-state index contributed by atoms with van der Waals surface area (Å²) in [5.74, 6) is 0.412. The van der Waals surface area contributed by atoms with E-state index in [0.29, 0.717) is 43.6 Å². The number of alkyl halides is 3. The molecule has 0 saturated carbocycles. The summed E-state index contributed by atoms with van der Waals surface area (Å²) in [5.41, 5.74) is 0.337. The number of nitrogens with one attached hydrogen (secondary N) is 2. The first-order valence-corrected chi connectivity index (χ1v) is 11.0. The van der Waals surface area contributed by atoms with E-state index in [9.17, 15) is 18.0 Å². The largest absolute Gasteiger partial charge is 0.434 e. The van der Waals surface area contributed by atoms with Gasteiger partial charge in [0.05, 0.1) is 5.01 Å². The van der Waals surface area contributed by atoms with Gasteiger partial charge in [-0.25, -0.2) is 9.98 Å². The number of amides is 1. The maximum absolute atomic E-state index is 12.6. The molecule has 3 heterocycles. The molecule has 0 saturated heterocycles. The molecular formula is C18H23F3IN5OS2. The number of aliphatic imine (C=N–C) groups is 1. The van der Waals surface area contributed by atoms with Crippen LogP contribution in [0.1, 0.15) is 28.1 Å². The highest BCUT2D eigenvalue weighted by molar-refractivity contribution is 14.0. The minimum absolute atomic E-state index is 0. The number of carbonyl (C=O) groups excluding carboxylic acids is 1. The van der Waals surface area contributed by atoms with Crippen molar-refractivity contribution in [1.29, 1.82) is 0 Å².